The topological polar surface area (TPSA) is 81.0 Å². The van der Waals surface area contributed by atoms with Crippen molar-refractivity contribution in [2.24, 2.45) is 0 Å². The monoisotopic (exact) mass is 548 g/mol. The highest BCUT2D eigenvalue weighted by atomic mass is 19.1. The number of fused-ring (bicyclic) bond motifs is 2. The Morgan fingerprint density at radius 1 is 1.17 bits per heavy atom. The minimum Gasteiger partial charge on any atom is -0.346 e. The number of pyridine rings is 1. The molecular formula is C33H33FN6O. The first kappa shape index (κ1) is 26.7. The maximum Gasteiger partial charge on any atom is 0.256 e. The van der Waals surface area contributed by atoms with Crippen molar-refractivity contribution < 1.29 is 9.18 Å². The van der Waals surface area contributed by atoms with Gasteiger partial charge in [-0.3, -0.25) is 14.7 Å². The number of amides is 1. The van der Waals surface area contributed by atoms with Crippen LogP contribution in [0, 0.1) is 17.1 Å². The fourth-order valence-corrected chi connectivity index (χ4v) is 5.93. The van der Waals surface area contributed by atoms with Crippen LogP contribution in [-0.2, 0) is 6.54 Å². The van der Waals surface area contributed by atoms with E-state index < -0.39 is 5.82 Å². The van der Waals surface area contributed by atoms with Gasteiger partial charge in [0.2, 0.25) is 0 Å². The lowest BCUT2D eigenvalue weighted by Crippen LogP contribution is -2.33. The highest BCUT2D eigenvalue weighted by molar-refractivity contribution is 5.99. The van der Waals surface area contributed by atoms with Gasteiger partial charge < -0.3 is 14.5 Å². The number of likely N-dealkylation sites (tertiary alicyclic amines) is 1. The van der Waals surface area contributed by atoms with E-state index in [4.69, 9.17) is 0 Å². The molecule has 2 aromatic carbocycles. The summed E-state index contributed by atoms with van der Waals surface area (Å²) in [6.45, 7) is 6.68. The molecule has 1 fully saturated rings. The summed E-state index contributed by atoms with van der Waals surface area (Å²) in [5.74, 6) is -0.284. The third-order valence-electron chi connectivity index (χ3n) is 8.42. The Morgan fingerprint density at radius 3 is 2.73 bits per heavy atom. The molecule has 0 atom stereocenters. The molecule has 41 heavy (non-hydrogen) atoms. The minimum absolute atomic E-state index is 0.0119. The first-order chi connectivity index (χ1) is 19.8. The molecule has 1 aliphatic rings. The van der Waals surface area contributed by atoms with Gasteiger partial charge in [-0.2, -0.15) is 5.26 Å². The summed E-state index contributed by atoms with van der Waals surface area (Å²) in [5.41, 5.74) is 5.94. The Labute approximate surface area is 238 Å². The number of nitrogens with zero attached hydrogens (tertiary/aromatic N) is 5. The number of H-pyrrole nitrogens is 1. The zero-order chi connectivity index (χ0) is 28.7. The van der Waals surface area contributed by atoms with Crippen LogP contribution < -0.4 is 0 Å². The summed E-state index contributed by atoms with van der Waals surface area (Å²) < 4.78 is 16.4. The molecule has 0 spiro atoms. The molecule has 0 radical (unpaired) electrons. The van der Waals surface area contributed by atoms with Crippen molar-refractivity contribution in [1.82, 2.24) is 24.3 Å². The molecule has 7 nitrogen and oxygen atoms in total. The SMILES string of the molecule is CC(C)N(C)C(=O)c1cc(F)ccc1-n1cc(C2CCN(Cc3ccc4cc(C#N)[nH]c4c3)CC2)c2ccncc21. The summed E-state index contributed by atoms with van der Waals surface area (Å²) in [7, 11) is 1.75. The number of piperidine rings is 1. The van der Waals surface area contributed by atoms with E-state index in [1.807, 2.05) is 42.9 Å². The second-order valence-electron chi connectivity index (χ2n) is 11.3. The Morgan fingerprint density at radius 2 is 1.98 bits per heavy atom. The number of nitriles is 1. The summed E-state index contributed by atoms with van der Waals surface area (Å²) in [5, 5.41) is 11.4. The second-order valence-corrected chi connectivity index (χ2v) is 11.3. The van der Waals surface area contributed by atoms with E-state index in [0.717, 1.165) is 54.3 Å². The minimum atomic E-state index is -0.433. The van der Waals surface area contributed by atoms with E-state index in [-0.39, 0.29) is 11.9 Å². The number of carbonyl (C=O) groups is 1. The molecule has 5 aromatic rings. The number of hydrogen-bond acceptors (Lipinski definition) is 4. The fourth-order valence-electron chi connectivity index (χ4n) is 5.93. The lowest BCUT2D eigenvalue weighted by atomic mass is 9.89. The Kier molecular flexibility index (Phi) is 7.06. The average molecular weight is 549 g/mol. The van der Waals surface area contributed by atoms with Crippen LogP contribution in [0.4, 0.5) is 4.39 Å². The molecule has 1 saturated heterocycles. The summed E-state index contributed by atoms with van der Waals surface area (Å²) in [6, 6.07) is 16.9. The van der Waals surface area contributed by atoms with Gasteiger partial charge in [0.25, 0.3) is 5.91 Å². The number of aromatic amines is 1. The number of rotatable bonds is 6. The van der Waals surface area contributed by atoms with Crippen molar-refractivity contribution in [3.63, 3.8) is 0 Å². The van der Waals surface area contributed by atoms with Crippen molar-refractivity contribution in [2.45, 2.75) is 45.2 Å². The van der Waals surface area contributed by atoms with Gasteiger partial charge in [-0.1, -0.05) is 12.1 Å². The maximum atomic E-state index is 14.4. The van der Waals surface area contributed by atoms with E-state index in [1.54, 1.807) is 18.0 Å². The molecule has 1 amide bonds. The average Bonchev–Trinajstić information content (AvgIpc) is 3.58. The van der Waals surface area contributed by atoms with Gasteiger partial charge >= 0.3 is 0 Å². The van der Waals surface area contributed by atoms with E-state index in [1.165, 1.54) is 23.3 Å². The highest BCUT2D eigenvalue weighted by Gasteiger charge is 2.26. The van der Waals surface area contributed by atoms with Crippen LogP contribution in [0.25, 0.3) is 27.5 Å². The molecule has 8 heteroatoms. The van der Waals surface area contributed by atoms with Crippen LogP contribution in [0.5, 0.6) is 0 Å². The predicted octanol–water partition coefficient (Wildman–Crippen LogP) is 6.38. The lowest BCUT2D eigenvalue weighted by molar-refractivity contribution is 0.0754. The quantitative estimate of drug-likeness (QED) is 0.267. The number of benzene rings is 2. The van der Waals surface area contributed by atoms with E-state index in [9.17, 15) is 14.4 Å². The standard InChI is InChI=1S/C33H33FN6O/c1-21(2)38(3)33(41)28-16-25(34)6-7-31(28)40-20-29(27-8-11-36-18-32(27)40)23-9-12-39(13-10-23)19-22-4-5-24-15-26(17-35)37-30(24)14-22/h4-8,11,14-16,18,20-21,23,37H,9-10,12-13,19H2,1-3H3. The van der Waals surface area contributed by atoms with Crippen molar-refractivity contribution in [3.8, 4) is 11.8 Å². The van der Waals surface area contributed by atoms with Gasteiger partial charge in [-0.05, 0) is 93.2 Å². The van der Waals surface area contributed by atoms with E-state index in [0.29, 0.717) is 22.9 Å². The zero-order valence-corrected chi connectivity index (χ0v) is 23.6. The smallest absolute Gasteiger partial charge is 0.256 e. The molecule has 0 saturated carbocycles. The second kappa shape index (κ2) is 10.8. The molecule has 6 rings (SSSR count). The molecule has 208 valence electrons. The maximum absolute atomic E-state index is 14.4. The van der Waals surface area contributed by atoms with Crippen molar-refractivity contribution in [3.05, 3.63) is 95.3 Å². The Bertz CT molecular complexity index is 1790. The zero-order valence-electron chi connectivity index (χ0n) is 23.6. The van der Waals surface area contributed by atoms with Gasteiger partial charge in [0.15, 0.2) is 0 Å². The number of halogens is 1. The third kappa shape index (κ3) is 5.09. The van der Waals surface area contributed by atoms with Crippen molar-refractivity contribution >= 4 is 27.7 Å². The predicted molar refractivity (Wildman–Crippen MR) is 159 cm³/mol. The summed E-state index contributed by atoms with van der Waals surface area (Å²) in [4.78, 5) is 25.0. The van der Waals surface area contributed by atoms with Crippen LogP contribution in [0.2, 0.25) is 0 Å². The largest absolute Gasteiger partial charge is 0.346 e. The number of aromatic nitrogens is 3. The van der Waals surface area contributed by atoms with Crippen LogP contribution in [-0.4, -0.2) is 56.4 Å². The van der Waals surface area contributed by atoms with Gasteiger partial charge in [0.05, 0.1) is 23.0 Å². The summed E-state index contributed by atoms with van der Waals surface area (Å²) >= 11 is 0. The number of hydrogen-bond donors (Lipinski definition) is 1. The molecule has 1 N–H and O–H groups in total. The highest BCUT2D eigenvalue weighted by Crippen LogP contribution is 2.36. The van der Waals surface area contributed by atoms with Crippen molar-refractivity contribution in [2.75, 3.05) is 20.1 Å². The van der Waals surface area contributed by atoms with E-state index >= 15 is 0 Å². The first-order valence-corrected chi connectivity index (χ1v) is 14.1. The third-order valence-corrected chi connectivity index (χ3v) is 8.42. The van der Waals surface area contributed by atoms with E-state index in [2.05, 4.69) is 45.3 Å². The lowest BCUT2D eigenvalue weighted by Gasteiger charge is -2.32. The van der Waals surface area contributed by atoms with Crippen LogP contribution in [0.1, 0.15) is 59.8 Å². The normalized spacial score (nSPS) is 14.6. The molecule has 1 aliphatic heterocycles. The van der Waals surface area contributed by atoms with Crippen LogP contribution in [0.15, 0.2) is 67.1 Å². The molecule has 0 unspecified atom stereocenters. The summed E-state index contributed by atoms with van der Waals surface area (Å²) in [6.07, 6.45) is 7.78. The van der Waals surface area contributed by atoms with Crippen LogP contribution in [0.3, 0.4) is 0 Å². The fraction of sp³-hybridized carbons (Fsp3) is 0.303. The molecular weight excluding hydrogens is 515 g/mol. The van der Waals surface area contributed by atoms with Gasteiger partial charge in [-0.25, -0.2) is 4.39 Å². The first-order valence-electron chi connectivity index (χ1n) is 14.1. The van der Waals surface area contributed by atoms with Gasteiger partial charge in [0, 0.05) is 48.3 Å². The Hall–Kier alpha value is -4.48. The van der Waals surface area contributed by atoms with Gasteiger partial charge in [0.1, 0.15) is 17.6 Å². The molecule has 0 aliphatic carbocycles. The molecule has 4 heterocycles. The Balaban J connectivity index is 1.26. The van der Waals surface area contributed by atoms with Crippen LogP contribution >= 0.6 is 0 Å². The van der Waals surface area contributed by atoms with Crippen molar-refractivity contribution in [1.29, 1.82) is 5.26 Å². The molecule has 3 aromatic heterocycles. The van der Waals surface area contributed by atoms with Gasteiger partial charge in [-0.15, -0.1) is 0 Å². The number of nitrogens with one attached hydrogen (secondary N) is 1. The molecule has 0 bridgehead atoms. The number of carbonyl (C=O) groups excluding carboxylic acids is 1.